The van der Waals surface area contributed by atoms with Crippen LogP contribution in [0.5, 0.6) is 0 Å². The normalized spacial score (nSPS) is 11.0. The van der Waals surface area contributed by atoms with Gasteiger partial charge in [-0.1, -0.05) is 29.3 Å². The van der Waals surface area contributed by atoms with Gasteiger partial charge in [0.15, 0.2) is 5.58 Å². The van der Waals surface area contributed by atoms with Crippen molar-refractivity contribution in [3.05, 3.63) is 57.9 Å². The zero-order chi connectivity index (χ0) is 15.7. The van der Waals surface area contributed by atoms with Crippen molar-refractivity contribution in [3.63, 3.8) is 0 Å². The molecule has 0 saturated carbocycles. The molecule has 22 heavy (non-hydrogen) atoms. The molecule has 0 N–H and O–H groups in total. The molecule has 0 saturated heterocycles. The first kappa shape index (κ1) is 15.0. The van der Waals surface area contributed by atoms with E-state index in [1.165, 1.54) is 0 Å². The SMILES string of the molecule is CCOC(=O)c1cc2occc2n1Cc1ccc(Cl)c(Cl)c1. The lowest BCUT2D eigenvalue weighted by Crippen LogP contribution is -2.12. The van der Waals surface area contributed by atoms with E-state index in [4.69, 9.17) is 32.4 Å². The van der Waals surface area contributed by atoms with Crippen LogP contribution in [0.1, 0.15) is 23.0 Å². The largest absolute Gasteiger partial charge is 0.463 e. The van der Waals surface area contributed by atoms with Gasteiger partial charge in [-0.15, -0.1) is 0 Å². The van der Waals surface area contributed by atoms with Gasteiger partial charge in [-0.3, -0.25) is 0 Å². The molecule has 4 nitrogen and oxygen atoms in total. The maximum absolute atomic E-state index is 12.1. The van der Waals surface area contributed by atoms with Crippen LogP contribution in [-0.4, -0.2) is 17.1 Å². The molecule has 0 bridgehead atoms. The van der Waals surface area contributed by atoms with E-state index in [-0.39, 0.29) is 5.97 Å². The summed E-state index contributed by atoms with van der Waals surface area (Å²) < 4.78 is 12.3. The molecule has 0 spiro atoms. The van der Waals surface area contributed by atoms with Crippen LogP contribution < -0.4 is 0 Å². The van der Waals surface area contributed by atoms with Gasteiger partial charge >= 0.3 is 5.97 Å². The summed E-state index contributed by atoms with van der Waals surface area (Å²) in [7, 11) is 0. The highest BCUT2D eigenvalue weighted by molar-refractivity contribution is 6.42. The van der Waals surface area contributed by atoms with E-state index in [9.17, 15) is 4.79 Å². The van der Waals surface area contributed by atoms with E-state index < -0.39 is 0 Å². The number of furan rings is 1. The number of aromatic nitrogens is 1. The molecule has 0 aliphatic carbocycles. The van der Waals surface area contributed by atoms with Gasteiger partial charge in [0.1, 0.15) is 5.69 Å². The summed E-state index contributed by atoms with van der Waals surface area (Å²) >= 11 is 12.0. The van der Waals surface area contributed by atoms with Gasteiger partial charge in [0.2, 0.25) is 0 Å². The summed E-state index contributed by atoms with van der Waals surface area (Å²) in [6, 6.07) is 8.89. The van der Waals surface area contributed by atoms with Crippen molar-refractivity contribution >= 4 is 40.3 Å². The first-order valence-corrected chi connectivity index (χ1v) is 7.53. The van der Waals surface area contributed by atoms with Crippen LogP contribution in [0.25, 0.3) is 11.1 Å². The minimum absolute atomic E-state index is 0.318. The van der Waals surface area contributed by atoms with Gasteiger partial charge in [-0.05, 0) is 24.6 Å². The monoisotopic (exact) mass is 337 g/mol. The van der Waals surface area contributed by atoms with E-state index >= 15 is 0 Å². The molecule has 0 radical (unpaired) electrons. The second-order valence-corrected chi connectivity index (χ2v) is 5.57. The van der Waals surface area contributed by atoms with Crippen LogP contribution in [0, 0.1) is 0 Å². The van der Waals surface area contributed by atoms with Crippen LogP contribution in [0.3, 0.4) is 0 Å². The number of benzene rings is 1. The number of rotatable bonds is 4. The fourth-order valence-electron chi connectivity index (χ4n) is 2.34. The first-order valence-electron chi connectivity index (χ1n) is 6.78. The van der Waals surface area contributed by atoms with Crippen molar-refractivity contribution in [2.45, 2.75) is 13.5 Å². The van der Waals surface area contributed by atoms with Crippen molar-refractivity contribution in [3.8, 4) is 0 Å². The molecule has 6 heteroatoms. The van der Waals surface area contributed by atoms with Crippen molar-refractivity contribution in [1.82, 2.24) is 4.57 Å². The molecule has 0 unspecified atom stereocenters. The van der Waals surface area contributed by atoms with Gasteiger partial charge in [-0.25, -0.2) is 4.79 Å². The Morgan fingerprint density at radius 2 is 2.05 bits per heavy atom. The molecule has 0 aliphatic rings. The molecule has 0 aliphatic heterocycles. The number of carbonyl (C=O) groups is 1. The van der Waals surface area contributed by atoms with Crippen LogP contribution in [0.4, 0.5) is 0 Å². The number of fused-ring (bicyclic) bond motifs is 1. The van der Waals surface area contributed by atoms with Crippen LogP contribution in [0.15, 0.2) is 41.0 Å². The van der Waals surface area contributed by atoms with E-state index in [2.05, 4.69) is 0 Å². The van der Waals surface area contributed by atoms with Gasteiger partial charge in [-0.2, -0.15) is 0 Å². The summed E-state index contributed by atoms with van der Waals surface area (Å²) in [5.41, 5.74) is 2.85. The predicted molar refractivity (Wildman–Crippen MR) is 85.7 cm³/mol. The number of ether oxygens (including phenoxy) is 1. The van der Waals surface area contributed by atoms with E-state index in [1.54, 1.807) is 31.4 Å². The lowest BCUT2D eigenvalue weighted by Gasteiger charge is -2.10. The minimum atomic E-state index is -0.381. The van der Waals surface area contributed by atoms with Gasteiger partial charge in [0.25, 0.3) is 0 Å². The zero-order valence-electron chi connectivity index (χ0n) is 11.8. The van der Waals surface area contributed by atoms with Gasteiger partial charge in [0, 0.05) is 18.7 Å². The molecule has 3 aromatic rings. The molecular formula is C16H13Cl2NO3. The first-order chi connectivity index (χ1) is 10.6. The lowest BCUT2D eigenvalue weighted by atomic mass is 10.2. The predicted octanol–water partition coefficient (Wildman–Crippen LogP) is 4.77. The Morgan fingerprint density at radius 1 is 1.23 bits per heavy atom. The standard InChI is InChI=1S/C16H13Cl2NO3/c1-2-21-16(20)14-8-15-13(5-6-22-15)19(14)9-10-3-4-11(17)12(18)7-10/h3-8H,2,9H2,1H3. The summed E-state index contributed by atoms with van der Waals surface area (Å²) in [4.78, 5) is 12.1. The number of hydrogen-bond donors (Lipinski definition) is 0. The van der Waals surface area contributed by atoms with Gasteiger partial charge < -0.3 is 13.7 Å². The number of carbonyl (C=O) groups excluding carboxylic acids is 1. The Balaban J connectivity index is 2.03. The molecule has 3 rings (SSSR count). The fraction of sp³-hybridized carbons (Fsp3) is 0.188. The Morgan fingerprint density at radius 3 is 2.77 bits per heavy atom. The number of esters is 1. The third-order valence-corrected chi connectivity index (χ3v) is 4.07. The Kier molecular flexibility index (Phi) is 4.14. The van der Waals surface area contributed by atoms with Crippen LogP contribution in [-0.2, 0) is 11.3 Å². The average molecular weight is 338 g/mol. The Bertz CT molecular complexity index is 835. The molecular weight excluding hydrogens is 325 g/mol. The molecule has 0 atom stereocenters. The number of hydrogen-bond acceptors (Lipinski definition) is 3. The Hall–Kier alpha value is -1.91. The highest BCUT2D eigenvalue weighted by Crippen LogP contribution is 2.26. The van der Waals surface area contributed by atoms with E-state index in [1.807, 2.05) is 16.7 Å². The Labute approximate surface area is 137 Å². The van der Waals surface area contributed by atoms with E-state index in [0.29, 0.717) is 34.5 Å². The topological polar surface area (TPSA) is 44.4 Å². The molecule has 2 heterocycles. The average Bonchev–Trinajstić information content (AvgIpc) is 3.06. The molecule has 1 aromatic carbocycles. The minimum Gasteiger partial charge on any atom is -0.463 e. The van der Waals surface area contributed by atoms with Crippen molar-refractivity contribution < 1.29 is 13.9 Å². The number of nitrogens with zero attached hydrogens (tertiary/aromatic N) is 1. The van der Waals surface area contributed by atoms with Gasteiger partial charge in [0.05, 0.1) is 28.4 Å². The summed E-state index contributed by atoms with van der Waals surface area (Å²) in [6.45, 7) is 2.56. The third kappa shape index (κ3) is 2.72. The highest BCUT2D eigenvalue weighted by atomic mass is 35.5. The smallest absolute Gasteiger partial charge is 0.355 e. The zero-order valence-corrected chi connectivity index (χ0v) is 13.3. The van der Waals surface area contributed by atoms with Crippen molar-refractivity contribution in [2.24, 2.45) is 0 Å². The highest BCUT2D eigenvalue weighted by Gasteiger charge is 2.18. The quantitative estimate of drug-likeness (QED) is 0.644. The molecule has 0 amide bonds. The number of halogens is 2. The summed E-state index contributed by atoms with van der Waals surface area (Å²) in [5.74, 6) is -0.381. The van der Waals surface area contributed by atoms with E-state index in [0.717, 1.165) is 11.1 Å². The van der Waals surface area contributed by atoms with Crippen LogP contribution in [0.2, 0.25) is 10.0 Å². The fourth-order valence-corrected chi connectivity index (χ4v) is 2.66. The molecule has 114 valence electrons. The van der Waals surface area contributed by atoms with Crippen molar-refractivity contribution in [1.29, 1.82) is 0 Å². The lowest BCUT2D eigenvalue weighted by molar-refractivity contribution is 0.0515. The summed E-state index contributed by atoms with van der Waals surface area (Å²) in [5, 5.41) is 0.976. The second-order valence-electron chi connectivity index (χ2n) is 4.75. The molecule has 0 fully saturated rings. The molecule has 2 aromatic heterocycles. The maximum atomic E-state index is 12.1. The summed E-state index contributed by atoms with van der Waals surface area (Å²) in [6.07, 6.45) is 1.59. The third-order valence-electron chi connectivity index (χ3n) is 3.33. The van der Waals surface area contributed by atoms with Crippen molar-refractivity contribution in [2.75, 3.05) is 6.61 Å². The van der Waals surface area contributed by atoms with Crippen LogP contribution >= 0.6 is 23.2 Å². The maximum Gasteiger partial charge on any atom is 0.355 e. The second kappa shape index (κ2) is 6.07.